The molecule has 1 saturated heterocycles. The van der Waals surface area contributed by atoms with E-state index in [1.165, 1.54) is 4.90 Å². The van der Waals surface area contributed by atoms with Crippen LogP contribution in [-0.2, 0) is 9.59 Å². The van der Waals surface area contributed by atoms with Gasteiger partial charge in [-0.2, -0.15) is 0 Å². The Morgan fingerprint density at radius 3 is 2.73 bits per heavy atom. The molecular weight excluding hydrogens is 284 g/mol. The minimum atomic E-state index is -0.712. The average molecular weight is 296 g/mol. The lowest BCUT2D eigenvalue weighted by atomic mass is 9.90. The van der Waals surface area contributed by atoms with E-state index in [2.05, 4.69) is 15.3 Å². The first-order valence-corrected chi connectivity index (χ1v) is 6.87. The van der Waals surface area contributed by atoms with E-state index < -0.39 is 6.10 Å². The molecule has 1 N–H and O–H groups in total. The van der Waals surface area contributed by atoms with Crippen LogP contribution in [0, 0.1) is 0 Å². The van der Waals surface area contributed by atoms with Crippen LogP contribution in [0.4, 0.5) is 5.69 Å². The SMILES string of the molecule is O=C1CN2C(=O)C(Oc3ncccn3)C2c2ccccc2N1. The summed E-state index contributed by atoms with van der Waals surface area (Å²) in [6.07, 6.45) is 2.39. The summed E-state index contributed by atoms with van der Waals surface area (Å²) in [7, 11) is 0. The van der Waals surface area contributed by atoms with Crippen molar-refractivity contribution in [2.24, 2.45) is 0 Å². The van der Waals surface area contributed by atoms with Gasteiger partial charge in [0, 0.05) is 23.6 Å². The maximum atomic E-state index is 12.3. The van der Waals surface area contributed by atoms with Gasteiger partial charge in [-0.25, -0.2) is 9.97 Å². The number of ether oxygens (including phenoxy) is 1. The zero-order chi connectivity index (χ0) is 15.1. The first-order valence-electron chi connectivity index (χ1n) is 6.87. The number of benzene rings is 1. The number of aromatic nitrogens is 2. The standard InChI is InChI=1S/C15H12N4O3/c20-11-8-19-12(9-4-1-2-5-10(9)18-11)13(14(19)21)22-15-16-6-3-7-17-15/h1-7,12-13H,8H2,(H,18,20). The number of hydrogen-bond donors (Lipinski definition) is 1. The highest BCUT2D eigenvalue weighted by Gasteiger charge is 2.53. The summed E-state index contributed by atoms with van der Waals surface area (Å²) in [5.41, 5.74) is 1.56. The first kappa shape index (κ1) is 12.8. The van der Waals surface area contributed by atoms with Crippen LogP contribution in [0.5, 0.6) is 6.01 Å². The highest BCUT2D eigenvalue weighted by Crippen LogP contribution is 2.41. The van der Waals surface area contributed by atoms with Gasteiger partial charge in [0.15, 0.2) is 0 Å². The molecule has 2 aliphatic heterocycles. The van der Waals surface area contributed by atoms with Gasteiger partial charge in [-0.15, -0.1) is 0 Å². The number of β-lactam (4-membered cyclic amide) rings is 1. The molecule has 1 aromatic carbocycles. The number of anilines is 1. The van der Waals surface area contributed by atoms with E-state index in [4.69, 9.17) is 4.74 Å². The van der Waals surface area contributed by atoms with Crippen LogP contribution >= 0.6 is 0 Å². The van der Waals surface area contributed by atoms with E-state index in [-0.39, 0.29) is 30.4 Å². The van der Waals surface area contributed by atoms with Crippen molar-refractivity contribution in [1.82, 2.24) is 14.9 Å². The van der Waals surface area contributed by atoms with Crippen LogP contribution in [-0.4, -0.2) is 39.3 Å². The number of hydrogen-bond acceptors (Lipinski definition) is 5. The molecule has 0 aliphatic carbocycles. The molecule has 4 rings (SSSR count). The Labute approximate surface area is 125 Å². The molecule has 2 unspecified atom stereocenters. The molecule has 2 aliphatic rings. The number of para-hydroxylation sites is 1. The summed E-state index contributed by atoms with van der Waals surface area (Å²) in [5.74, 6) is -0.443. The maximum absolute atomic E-state index is 12.3. The van der Waals surface area contributed by atoms with Crippen LogP contribution in [0.15, 0.2) is 42.7 Å². The second-order valence-electron chi connectivity index (χ2n) is 5.12. The lowest BCUT2D eigenvalue weighted by Crippen LogP contribution is -2.61. The molecule has 0 bridgehead atoms. The van der Waals surface area contributed by atoms with Crippen molar-refractivity contribution >= 4 is 17.5 Å². The van der Waals surface area contributed by atoms with Crippen molar-refractivity contribution < 1.29 is 14.3 Å². The Hall–Kier alpha value is -2.96. The number of rotatable bonds is 2. The van der Waals surface area contributed by atoms with E-state index in [0.717, 1.165) is 5.56 Å². The molecule has 22 heavy (non-hydrogen) atoms. The fraction of sp³-hybridized carbons (Fsp3) is 0.200. The molecule has 3 heterocycles. The highest BCUT2D eigenvalue weighted by atomic mass is 16.5. The molecule has 2 aromatic rings. The molecule has 110 valence electrons. The molecule has 0 saturated carbocycles. The van der Waals surface area contributed by atoms with Crippen LogP contribution in [0.1, 0.15) is 11.6 Å². The van der Waals surface area contributed by atoms with E-state index in [1.807, 2.05) is 24.3 Å². The largest absolute Gasteiger partial charge is 0.447 e. The topological polar surface area (TPSA) is 84.4 Å². The molecule has 0 radical (unpaired) electrons. The predicted octanol–water partition coefficient (Wildman–Crippen LogP) is 0.760. The third kappa shape index (κ3) is 1.90. The van der Waals surface area contributed by atoms with E-state index >= 15 is 0 Å². The van der Waals surface area contributed by atoms with Gasteiger partial charge in [-0.3, -0.25) is 9.59 Å². The van der Waals surface area contributed by atoms with E-state index in [1.54, 1.807) is 18.5 Å². The molecule has 7 heteroatoms. The lowest BCUT2D eigenvalue weighted by Gasteiger charge is -2.44. The zero-order valence-electron chi connectivity index (χ0n) is 11.5. The number of carbonyl (C=O) groups is 2. The number of fused-ring (bicyclic) bond motifs is 3. The Morgan fingerprint density at radius 1 is 1.14 bits per heavy atom. The Morgan fingerprint density at radius 2 is 1.91 bits per heavy atom. The van der Waals surface area contributed by atoms with Gasteiger partial charge >= 0.3 is 6.01 Å². The van der Waals surface area contributed by atoms with Crippen LogP contribution in [0.2, 0.25) is 0 Å². The Bertz CT molecular complexity index is 749. The zero-order valence-corrected chi connectivity index (χ0v) is 11.5. The van der Waals surface area contributed by atoms with E-state index in [0.29, 0.717) is 5.69 Å². The number of amides is 2. The summed E-state index contributed by atoms with van der Waals surface area (Å²) in [6.45, 7) is 0.0215. The first-order chi connectivity index (χ1) is 10.7. The summed E-state index contributed by atoms with van der Waals surface area (Å²) in [6, 6.07) is 8.92. The lowest BCUT2D eigenvalue weighted by molar-refractivity contribution is -0.165. The van der Waals surface area contributed by atoms with Crippen LogP contribution < -0.4 is 10.1 Å². The number of nitrogens with zero attached hydrogens (tertiary/aromatic N) is 3. The summed E-state index contributed by atoms with van der Waals surface area (Å²) in [4.78, 5) is 33.6. The fourth-order valence-electron chi connectivity index (χ4n) is 2.81. The van der Waals surface area contributed by atoms with Gasteiger partial charge in [0.25, 0.3) is 5.91 Å². The van der Waals surface area contributed by atoms with Crippen molar-refractivity contribution in [3.8, 4) is 6.01 Å². The second-order valence-corrected chi connectivity index (χ2v) is 5.12. The third-order valence-electron chi connectivity index (χ3n) is 3.79. The predicted molar refractivity (Wildman–Crippen MR) is 76.0 cm³/mol. The van der Waals surface area contributed by atoms with Gasteiger partial charge in [0.1, 0.15) is 12.6 Å². The normalized spacial score (nSPS) is 22.8. The summed E-state index contributed by atoms with van der Waals surface area (Å²) >= 11 is 0. The van der Waals surface area contributed by atoms with Gasteiger partial charge in [0.05, 0.1) is 0 Å². The number of nitrogens with one attached hydrogen (secondary N) is 1. The van der Waals surface area contributed by atoms with Gasteiger partial charge in [0.2, 0.25) is 12.0 Å². The molecule has 1 aromatic heterocycles. The van der Waals surface area contributed by atoms with Crippen LogP contribution in [0.25, 0.3) is 0 Å². The van der Waals surface area contributed by atoms with Gasteiger partial charge in [-0.05, 0) is 12.1 Å². The van der Waals surface area contributed by atoms with Crippen molar-refractivity contribution in [2.45, 2.75) is 12.1 Å². The summed E-state index contributed by atoms with van der Waals surface area (Å²) < 4.78 is 5.63. The fourth-order valence-corrected chi connectivity index (χ4v) is 2.81. The minimum Gasteiger partial charge on any atom is -0.447 e. The minimum absolute atomic E-state index is 0.0215. The monoisotopic (exact) mass is 296 g/mol. The molecule has 2 atom stereocenters. The Balaban J connectivity index is 1.69. The second kappa shape index (κ2) is 4.80. The maximum Gasteiger partial charge on any atom is 0.317 e. The number of carbonyl (C=O) groups excluding carboxylic acids is 2. The third-order valence-corrected chi connectivity index (χ3v) is 3.79. The highest BCUT2D eigenvalue weighted by molar-refractivity contribution is 6.00. The molecular formula is C15H12N4O3. The van der Waals surface area contributed by atoms with Crippen molar-refractivity contribution in [3.63, 3.8) is 0 Å². The van der Waals surface area contributed by atoms with Gasteiger partial charge in [-0.1, -0.05) is 18.2 Å². The van der Waals surface area contributed by atoms with E-state index in [9.17, 15) is 9.59 Å². The molecule has 2 amide bonds. The summed E-state index contributed by atoms with van der Waals surface area (Å²) in [5, 5.41) is 2.81. The average Bonchev–Trinajstić information content (AvgIpc) is 2.68. The molecule has 7 nitrogen and oxygen atoms in total. The van der Waals surface area contributed by atoms with Crippen molar-refractivity contribution in [2.75, 3.05) is 11.9 Å². The van der Waals surface area contributed by atoms with Crippen LogP contribution in [0.3, 0.4) is 0 Å². The Kier molecular flexibility index (Phi) is 2.78. The molecule has 0 spiro atoms. The van der Waals surface area contributed by atoms with Crippen molar-refractivity contribution in [3.05, 3.63) is 48.3 Å². The quantitative estimate of drug-likeness (QED) is 0.827. The van der Waals surface area contributed by atoms with Gasteiger partial charge < -0.3 is 15.0 Å². The molecule has 1 fully saturated rings. The smallest absolute Gasteiger partial charge is 0.317 e. The van der Waals surface area contributed by atoms with Crippen molar-refractivity contribution in [1.29, 1.82) is 0 Å².